The van der Waals surface area contributed by atoms with Gasteiger partial charge in [-0.2, -0.15) is 0 Å². The maximum atomic E-state index is 12.4. The van der Waals surface area contributed by atoms with E-state index < -0.39 is 12.1 Å². The summed E-state index contributed by atoms with van der Waals surface area (Å²) in [5.74, 6) is 0.498. The van der Waals surface area contributed by atoms with Crippen LogP contribution in [-0.2, 0) is 11.3 Å². The van der Waals surface area contributed by atoms with Crippen molar-refractivity contribution in [3.05, 3.63) is 60.2 Å². The minimum absolute atomic E-state index is 0.197. The average molecular weight is 326 g/mol. The second-order valence-electron chi connectivity index (χ2n) is 5.56. The van der Waals surface area contributed by atoms with E-state index >= 15 is 0 Å². The molecule has 1 saturated heterocycles. The van der Waals surface area contributed by atoms with Gasteiger partial charge in [0.1, 0.15) is 11.8 Å². The normalized spacial score (nSPS) is 16.5. The first kappa shape index (κ1) is 15.9. The van der Waals surface area contributed by atoms with Crippen LogP contribution in [0.15, 0.2) is 54.6 Å². The van der Waals surface area contributed by atoms with Gasteiger partial charge in [0.15, 0.2) is 0 Å². The van der Waals surface area contributed by atoms with Crippen LogP contribution in [0.3, 0.4) is 0 Å². The fourth-order valence-corrected chi connectivity index (χ4v) is 2.73. The molecule has 6 heteroatoms. The fraction of sp³-hybridized carbons (Fsp3) is 0.222. The summed E-state index contributed by atoms with van der Waals surface area (Å²) in [6, 6.07) is 15.7. The molecule has 1 aliphatic rings. The standard InChI is InChI=1S/C18H18N2O4/c1-24-15-9-7-14(8-10-15)19-12-16(17(19)21)20(18(22)23)11-13-5-3-2-4-6-13/h2-10,16H,11-12H2,1H3,(H,22,23). The van der Waals surface area contributed by atoms with Crippen molar-refractivity contribution in [1.82, 2.24) is 4.90 Å². The van der Waals surface area contributed by atoms with E-state index in [1.165, 1.54) is 4.90 Å². The molecule has 6 nitrogen and oxygen atoms in total. The Balaban J connectivity index is 1.70. The molecule has 1 heterocycles. The van der Waals surface area contributed by atoms with E-state index in [2.05, 4.69) is 0 Å². The molecule has 0 spiro atoms. The molecule has 0 radical (unpaired) electrons. The summed E-state index contributed by atoms with van der Waals surface area (Å²) in [5.41, 5.74) is 1.60. The molecule has 124 valence electrons. The molecule has 0 saturated carbocycles. The van der Waals surface area contributed by atoms with Gasteiger partial charge in [0.25, 0.3) is 5.91 Å². The highest BCUT2D eigenvalue weighted by Gasteiger charge is 2.43. The molecular weight excluding hydrogens is 308 g/mol. The molecule has 1 aliphatic heterocycles. The van der Waals surface area contributed by atoms with Crippen LogP contribution in [0, 0.1) is 0 Å². The molecular formula is C18H18N2O4. The molecule has 0 aliphatic carbocycles. The van der Waals surface area contributed by atoms with E-state index in [9.17, 15) is 14.7 Å². The quantitative estimate of drug-likeness (QED) is 0.858. The molecule has 1 unspecified atom stereocenters. The lowest BCUT2D eigenvalue weighted by Crippen LogP contribution is -2.65. The number of hydrogen-bond acceptors (Lipinski definition) is 3. The minimum Gasteiger partial charge on any atom is -0.497 e. The second-order valence-corrected chi connectivity index (χ2v) is 5.56. The lowest BCUT2D eigenvalue weighted by atomic mass is 10.0. The SMILES string of the molecule is COc1ccc(N2CC(N(Cc3ccccc3)C(=O)O)C2=O)cc1. The van der Waals surface area contributed by atoms with Crippen molar-refractivity contribution in [2.45, 2.75) is 12.6 Å². The van der Waals surface area contributed by atoms with E-state index in [-0.39, 0.29) is 12.5 Å². The first-order valence-corrected chi connectivity index (χ1v) is 7.59. The van der Waals surface area contributed by atoms with Gasteiger partial charge in [0.05, 0.1) is 13.7 Å². The molecule has 0 aromatic heterocycles. The van der Waals surface area contributed by atoms with Crippen LogP contribution in [0.25, 0.3) is 0 Å². The van der Waals surface area contributed by atoms with Gasteiger partial charge in [-0.1, -0.05) is 30.3 Å². The number of methoxy groups -OCH3 is 1. The summed E-state index contributed by atoms with van der Waals surface area (Å²) >= 11 is 0. The number of benzene rings is 2. The number of ether oxygens (including phenoxy) is 1. The summed E-state index contributed by atoms with van der Waals surface area (Å²) in [6.07, 6.45) is -1.09. The van der Waals surface area contributed by atoms with Crippen LogP contribution in [0.1, 0.15) is 5.56 Å². The van der Waals surface area contributed by atoms with Gasteiger partial charge in [0.2, 0.25) is 0 Å². The molecule has 2 aromatic rings. The number of nitrogens with zero attached hydrogens (tertiary/aromatic N) is 2. The summed E-state index contributed by atoms with van der Waals surface area (Å²) in [7, 11) is 1.58. The number of rotatable bonds is 5. The Hall–Kier alpha value is -3.02. The van der Waals surface area contributed by atoms with Crippen LogP contribution in [-0.4, -0.2) is 41.7 Å². The first-order chi connectivity index (χ1) is 11.6. The number of carbonyl (C=O) groups excluding carboxylic acids is 1. The van der Waals surface area contributed by atoms with E-state index in [0.717, 1.165) is 11.3 Å². The summed E-state index contributed by atoms with van der Waals surface area (Å²) < 4.78 is 5.10. The van der Waals surface area contributed by atoms with Gasteiger partial charge < -0.3 is 14.7 Å². The molecule has 1 atom stereocenters. The van der Waals surface area contributed by atoms with Crippen molar-refractivity contribution < 1.29 is 19.4 Å². The van der Waals surface area contributed by atoms with Crippen LogP contribution in [0.4, 0.5) is 10.5 Å². The van der Waals surface area contributed by atoms with Crippen LogP contribution < -0.4 is 9.64 Å². The zero-order chi connectivity index (χ0) is 17.1. The topological polar surface area (TPSA) is 70.1 Å². The minimum atomic E-state index is -1.09. The molecule has 1 N–H and O–H groups in total. The van der Waals surface area contributed by atoms with Crippen molar-refractivity contribution in [3.63, 3.8) is 0 Å². The Morgan fingerprint density at radius 3 is 2.42 bits per heavy atom. The van der Waals surface area contributed by atoms with Gasteiger partial charge >= 0.3 is 6.09 Å². The Morgan fingerprint density at radius 1 is 1.21 bits per heavy atom. The maximum Gasteiger partial charge on any atom is 0.408 e. The van der Waals surface area contributed by atoms with Gasteiger partial charge in [-0.25, -0.2) is 4.79 Å². The van der Waals surface area contributed by atoms with E-state index in [4.69, 9.17) is 4.74 Å². The molecule has 24 heavy (non-hydrogen) atoms. The Kier molecular flexibility index (Phi) is 4.37. The number of hydrogen-bond donors (Lipinski definition) is 1. The number of carbonyl (C=O) groups is 2. The Morgan fingerprint density at radius 2 is 1.88 bits per heavy atom. The number of anilines is 1. The third kappa shape index (κ3) is 3.03. The number of β-lactam (4-membered cyclic amide) rings is 1. The predicted molar refractivity (Wildman–Crippen MR) is 89.1 cm³/mol. The smallest absolute Gasteiger partial charge is 0.408 e. The Labute approximate surface area is 139 Å². The van der Waals surface area contributed by atoms with Crippen molar-refractivity contribution in [2.75, 3.05) is 18.6 Å². The number of amides is 2. The highest BCUT2D eigenvalue weighted by atomic mass is 16.5. The predicted octanol–water partition coefficient (Wildman–Crippen LogP) is 2.59. The zero-order valence-corrected chi connectivity index (χ0v) is 13.3. The average Bonchev–Trinajstić information content (AvgIpc) is 2.61. The van der Waals surface area contributed by atoms with Crippen molar-refractivity contribution in [1.29, 1.82) is 0 Å². The van der Waals surface area contributed by atoms with Crippen molar-refractivity contribution in [3.8, 4) is 5.75 Å². The maximum absolute atomic E-state index is 12.4. The molecule has 0 bridgehead atoms. The molecule has 2 aromatic carbocycles. The monoisotopic (exact) mass is 326 g/mol. The van der Waals surface area contributed by atoms with Crippen LogP contribution >= 0.6 is 0 Å². The zero-order valence-electron chi connectivity index (χ0n) is 13.3. The fourth-order valence-electron chi connectivity index (χ4n) is 2.73. The third-order valence-corrected chi connectivity index (χ3v) is 4.11. The second kappa shape index (κ2) is 6.62. The van der Waals surface area contributed by atoms with Crippen molar-refractivity contribution in [2.24, 2.45) is 0 Å². The summed E-state index contributed by atoms with van der Waals surface area (Å²) in [4.78, 5) is 26.8. The van der Waals surface area contributed by atoms with Gasteiger partial charge in [0, 0.05) is 12.2 Å². The summed E-state index contributed by atoms with van der Waals surface area (Å²) in [6.45, 7) is 0.549. The molecule has 1 fully saturated rings. The molecule has 2 amide bonds. The van der Waals surface area contributed by atoms with Gasteiger partial charge in [-0.3, -0.25) is 9.69 Å². The van der Waals surface area contributed by atoms with Crippen molar-refractivity contribution >= 4 is 17.7 Å². The van der Waals surface area contributed by atoms with Crippen LogP contribution in [0.5, 0.6) is 5.75 Å². The van der Waals surface area contributed by atoms with Gasteiger partial charge in [-0.05, 0) is 29.8 Å². The summed E-state index contributed by atoms with van der Waals surface area (Å²) in [5, 5.41) is 9.45. The van der Waals surface area contributed by atoms with E-state index in [1.54, 1.807) is 36.3 Å². The highest BCUT2D eigenvalue weighted by molar-refractivity contribution is 6.05. The largest absolute Gasteiger partial charge is 0.497 e. The lowest BCUT2D eigenvalue weighted by Gasteiger charge is -2.43. The lowest BCUT2D eigenvalue weighted by molar-refractivity contribution is -0.128. The Bertz CT molecular complexity index is 730. The third-order valence-electron chi connectivity index (χ3n) is 4.11. The molecule has 3 rings (SSSR count). The van der Waals surface area contributed by atoms with Gasteiger partial charge in [-0.15, -0.1) is 0 Å². The van der Waals surface area contributed by atoms with E-state index in [1.807, 2.05) is 30.3 Å². The van der Waals surface area contributed by atoms with Crippen LogP contribution in [0.2, 0.25) is 0 Å². The highest BCUT2D eigenvalue weighted by Crippen LogP contribution is 2.27. The number of carboxylic acid groups (broad SMARTS) is 1. The first-order valence-electron chi connectivity index (χ1n) is 7.59. The van der Waals surface area contributed by atoms with E-state index in [0.29, 0.717) is 12.3 Å².